The third kappa shape index (κ3) is 1.98. The highest BCUT2D eigenvalue weighted by Gasteiger charge is 2.47. The molecule has 15 heavy (non-hydrogen) atoms. The molecule has 1 saturated carbocycles. The van der Waals surface area contributed by atoms with Crippen molar-refractivity contribution in [3.8, 4) is 0 Å². The summed E-state index contributed by atoms with van der Waals surface area (Å²) in [6, 6.07) is 7.01. The smallest absolute Gasteiger partial charge is 0.0180 e. The number of halogens is 1. The maximum Gasteiger partial charge on any atom is 0.0180 e. The van der Waals surface area contributed by atoms with Crippen LogP contribution in [0.2, 0.25) is 0 Å². The normalized spacial score (nSPS) is 20.0. The quantitative estimate of drug-likeness (QED) is 0.893. The number of hydrogen-bond acceptors (Lipinski definition) is 1. The van der Waals surface area contributed by atoms with Gasteiger partial charge in [-0.15, -0.1) is 0 Å². The standard InChI is InChI=1S/C13H18BrN/c1-3-10-6-11(8-12(14)7-10)13(4-5-13)9(2)15/h6-9H,3-5,15H2,1-2H3. The van der Waals surface area contributed by atoms with E-state index in [4.69, 9.17) is 5.73 Å². The fourth-order valence-electron chi connectivity index (χ4n) is 2.28. The summed E-state index contributed by atoms with van der Waals surface area (Å²) in [5.41, 5.74) is 9.18. The summed E-state index contributed by atoms with van der Waals surface area (Å²) < 4.78 is 1.18. The van der Waals surface area contributed by atoms with Gasteiger partial charge in [0.2, 0.25) is 0 Å². The molecule has 1 aromatic carbocycles. The Bertz CT molecular complexity index is 367. The summed E-state index contributed by atoms with van der Waals surface area (Å²) in [7, 11) is 0. The molecule has 2 rings (SSSR count). The van der Waals surface area contributed by atoms with Gasteiger partial charge in [-0.3, -0.25) is 0 Å². The monoisotopic (exact) mass is 267 g/mol. The molecule has 0 aliphatic heterocycles. The summed E-state index contributed by atoms with van der Waals surface area (Å²) in [6.07, 6.45) is 3.57. The number of benzene rings is 1. The SMILES string of the molecule is CCc1cc(Br)cc(C2(C(C)N)CC2)c1. The van der Waals surface area contributed by atoms with Crippen molar-refractivity contribution < 1.29 is 0 Å². The Morgan fingerprint density at radius 3 is 2.53 bits per heavy atom. The maximum atomic E-state index is 6.09. The van der Waals surface area contributed by atoms with E-state index in [0.29, 0.717) is 0 Å². The Balaban J connectivity index is 2.40. The van der Waals surface area contributed by atoms with Crippen LogP contribution in [0.1, 0.15) is 37.8 Å². The lowest BCUT2D eigenvalue weighted by molar-refractivity contribution is 0.556. The summed E-state index contributed by atoms with van der Waals surface area (Å²) in [5.74, 6) is 0. The van der Waals surface area contributed by atoms with Crippen LogP contribution >= 0.6 is 15.9 Å². The molecule has 1 nitrogen and oxygen atoms in total. The first-order valence-corrected chi connectivity index (χ1v) is 6.43. The zero-order valence-corrected chi connectivity index (χ0v) is 11.0. The van der Waals surface area contributed by atoms with E-state index >= 15 is 0 Å². The van der Waals surface area contributed by atoms with Crippen LogP contribution in [0.15, 0.2) is 22.7 Å². The highest BCUT2D eigenvalue weighted by Crippen LogP contribution is 2.50. The third-order valence-electron chi connectivity index (χ3n) is 3.60. The van der Waals surface area contributed by atoms with E-state index in [1.165, 1.54) is 28.4 Å². The Labute approximate surface area is 100 Å². The van der Waals surface area contributed by atoms with E-state index in [0.717, 1.165) is 6.42 Å². The average Bonchev–Trinajstić information content (AvgIpc) is 2.97. The van der Waals surface area contributed by atoms with Gasteiger partial charge in [-0.1, -0.05) is 28.9 Å². The topological polar surface area (TPSA) is 26.0 Å². The molecule has 82 valence electrons. The van der Waals surface area contributed by atoms with E-state index in [9.17, 15) is 0 Å². The molecule has 2 N–H and O–H groups in total. The molecule has 0 amide bonds. The van der Waals surface area contributed by atoms with Gasteiger partial charge in [0.1, 0.15) is 0 Å². The number of rotatable bonds is 3. The predicted octanol–water partition coefficient (Wildman–Crippen LogP) is 3.39. The molecule has 0 heterocycles. The van der Waals surface area contributed by atoms with Crippen LogP contribution < -0.4 is 5.73 Å². The van der Waals surface area contributed by atoms with Crippen molar-refractivity contribution in [3.63, 3.8) is 0 Å². The maximum absolute atomic E-state index is 6.09. The van der Waals surface area contributed by atoms with Gasteiger partial charge in [0, 0.05) is 15.9 Å². The van der Waals surface area contributed by atoms with E-state index in [1.807, 2.05) is 0 Å². The van der Waals surface area contributed by atoms with Gasteiger partial charge in [0.05, 0.1) is 0 Å². The summed E-state index contributed by atoms with van der Waals surface area (Å²) >= 11 is 3.58. The van der Waals surface area contributed by atoms with Gasteiger partial charge in [0.15, 0.2) is 0 Å². The third-order valence-corrected chi connectivity index (χ3v) is 4.06. The Morgan fingerprint density at radius 1 is 1.40 bits per heavy atom. The largest absolute Gasteiger partial charge is 0.327 e. The second-order valence-corrected chi connectivity index (χ2v) is 5.56. The first kappa shape index (κ1) is 11.2. The summed E-state index contributed by atoms with van der Waals surface area (Å²) in [6.45, 7) is 4.32. The lowest BCUT2D eigenvalue weighted by Gasteiger charge is -2.21. The van der Waals surface area contributed by atoms with Crippen molar-refractivity contribution in [1.82, 2.24) is 0 Å². The Kier molecular flexibility index (Phi) is 2.91. The minimum atomic E-state index is 0.261. The van der Waals surface area contributed by atoms with Crippen LogP contribution in [-0.4, -0.2) is 6.04 Å². The molecule has 0 saturated heterocycles. The molecule has 2 heteroatoms. The van der Waals surface area contributed by atoms with Crippen LogP contribution in [0, 0.1) is 0 Å². The zero-order valence-electron chi connectivity index (χ0n) is 9.39. The first-order valence-electron chi connectivity index (χ1n) is 5.64. The number of nitrogens with two attached hydrogens (primary N) is 1. The van der Waals surface area contributed by atoms with Crippen molar-refractivity contribution >= 4 is 15.9 Å². The lowest BCUT2D eigenvalue weighted by Crippen LogP contribution is -2.31. The van der Waals surface area contributed by atoms with Crippen LogP contribution in [0.25, 0.3) is 0 Å². The van der Waals surface area contributed by atoms with Gasteiger partial charge in [-0.2, -0.15) is 0 Å². The van der Waals surface area contributed by atoms with E-state index in [-0.39, 0.29) is 11.5 Å². The van der Waals surface area contributed by atoms with Gasteiger partial charge < -0.3 is 5.73 Å². The molecule has 1 atom stereocenters. The highest BCUT2D eigenvalue weighted by atomic mass is 79.9. The van der Waals surface area contributed by atoms with Crippen LogP contribution in [0.3, 0.4) is 0 Å². The van der Waals surface area contributed by atoms with Crippen molar-refractivity contribution in [2.45, 2.75) is 44.6 Å². The number of hydrogen-bond donors (Lipinski definition) is 1. The van der Waals surface area contributed by atoms with Gasteiger partial charge in [-0.25, -0.2) is 0 Å². The fourth-order valence-corrected chi connectivity index (χ4v) is 2.82. The molecule has 0 aromatic heterocycles. The second kappa shape index (κ2) is 3.91. The van der Waals surface area contributed by atoms with E-state index in [2.05, 4.69) is 48.0 Å². The molecule has 0 bridgehead atoms. The molecular formula is C13H18BrN. The van der Waals surface area contributed by atoms with Gasteiger partial charge >= 0.3 is 0 Å². The molecule has 1 aliphatic carbocycles. The van der Waals surface area contributed by atoms with Crippen molar-refractivity contribution in [2.75, 3.05) is 0 Å². The van der Waals surface area contributed by atoms with Crippen LogP contribution in [0.4, 0.5) is 0 Å². The Morgan fingerprint density at radius 2 is 2.07 bits per heavy atom. The summed E-state index contributed by atoms with van der Waals surface area (Å²) in [4.78, 5) is 0. The number of aryl methyl sites for hydroxylation is 1. The van der Waals surface area contributed by atoms with Gasteiger partial charge in [0.25, 0.3) is 0 Å². The summed E-state index contributed by atoms with van der Waals surface area (Å²) in [5, 5.41) is 0. The van der Waals surface area contributed by atoms with Crippen molar-refractivity contribution in [2.24, 2.45) is 5.73 Å². The van der Waals surface area contributed by atoms with Crippen LogP contribution in [0.5, 0.6) is 0 Å². The fraction of sp³-hybridized carbons (Fsp3) is 0.538. The minimum absolute atomic E-state index is 0.261. The molecule has 1 aromatic rings. The van der Waals surface area contributed by atoms with E-state index < -0.39 is 0 Å². The predicted molar refractivity (Wildman–Crippen MR) is 68.1 cm³/mol. The van der Waals surface area contributed by atoms with Crippen LogP contribution in [-0.2, 0) is 11.8 Å². The molecule has 1 aliphatic rings. The Hall–Kier alpha value is -0.340. The average molecular weight is 268 g/mol. The zero-order chi connectivity index (χ0) is 11.1. The molecule has 0 spiro atoms. The molecular weight excluding hydrogens is 250 g/mol. The molecule has 1 unspecified atom stereocenters. The molecule has 0 radical (unpaired) electrons. The van der Waals surface area contributed by atoms with Crippen molar-refractivity contribution in [1.29, 1.82) is 0 Å². The molecule has 1 fully saturated rings. The van der Waals surface area contributed by atoms with Gasteiger partial charge in [-0.05, 0) is 49.4 Å². The van der Waals surface area contributed by atoms with Crippen molar-refractivity contribution in [3.05, 3.63) is 33.8 Å². The van der Waals surface area contributed by atoms with E-state index in [1.54, 1.807) is 0 Å². The second-order valence-electron chi connectivity index (χ2n) is 4.65. The minimum Gasteiger partial charge on any atom is -0.327 e. The lowest BCUT2D eigenvalue weighted by atomic mass is 9.88. The highest BCUT2D eigenvalue weighted by molar-refractivity contribution is 9.10. The first-order chi connectivity index (χ1) is 7.08.